The fraction of sp³-hybridized carbons (Fsp3) is 0.238. The summed E-state index contributed by atoms with van der Waals surface area (Å²) in [4.78, 5) is 22.9. The van der Waals surface area contributed by atoms with Crippen LogP contribution in [0.4, 0.5) is 0 Å². The van der Waals surface area contributed by atoms with Crippen molar-refractivity contribution in [2.75, 3.05) is 0 Å². The minimum atomic E-state index is -0.462. The molecule has 0 saturated carbocycles. The van der Waals surface area contributed by atoms with E-state index in [2.05, 4.69) is 38.2 Å². The lowest BCUT2D eigenvalue weighted by Crippen LogP contribution is -2.20. The molecule has 2 rings (SSSR count). The van der Waals surface area contributed by atoms with Crippen molar-refractivity contribution in [2.24, 2.45) is 5.73 Å². The Hall–Kier alpha value is -2.88. The fourth-order valence-electron chi connectivity index (χ4n) is 2.30. The van der Waals surface area contributed by atoms with Crippen LogP contribution < -0.4 is 11.1 Å². The molecule has 0 aliphatic rings. The molecule has 130 valence electrons. The first-order valence-corrected chi connectivity index (χ1v) is 8.21. The molecule has 0 aliphatic heterocycles. The van der Waals surface area contributed by atoms with Crippen molar-refractivity contribution >= 4 is 17.9 Å². The topological polar surface area (TPSA) is 72.2 Å². The Morgan fingerprint density at radius 3 is 2.12 bits per heavy atom. The zero-order valence-electron chi connectivity index (χ0n) is 14.9. The molecular formula is C21H24N2O2. The zero-order chi connectivity index (χ0) is 18.4. The Kier molecular flexibility index (Phi) is 5.75. The normalized spacial score (nSPS) is 11.5. The van der Waals surface area contributed by atoms with Crippen LogP contribution in [0, 0.1) is 0 Å². The Morgan fingerprint density at radius 1 is 1.00 bits per heavy atom. The van der Waals surface area contributed by atoms with Crippen molar-refractivity contribution in [1.29, 1.82) is 0 Å². The van der Waals surface area contributed by atoms with E-state index >= 15 is 0 Å². The number of carbonyl (C=O) groups excluding carboxylic acids is 2. The standard InChI is InChI=1S/C21H24N2O2/c1-21(2,3)18-11-6-15(7-12-18)8-13-19(24)23-14-16-4-9-17(10-5-16)20(22)25/h4-13H,14H2,1-3H3,(H2,22,25)(H,23,24)/b13-8+. The second-order valence-corrected chi connectivity index (χ2v) is 6.98. The van der Waals surface area contributed by atoms with Crippen LogP contribution >= 0.6 is 0 Å². The highest BCUT2D eigenvalue weighted by atomic mass is 16.1. The van der Waals surface area contributed by atoms with Crippen molar-refractivity contribution in [3.05, 3.63) is 76.9 Å². The van der Waals surface area contributed by atoms with Gasteiger partial charge in [0.25, 0.3) is 0 Å². The number of nitrogens with one attached hydrogen (secondary N) is 1. The zero-order valence-corrected chi connectivity index (χ0v) is 14.9. The van der Waals surface area contributed by atoms with Gasteiger partial charge in [0.15, 0.2) is 0 Å². The van der Waals surface area contributed by atoms with Gasteiger partial charge in [-0.15, -0.1) is 0 Å². The lowest BCUT2D eigenvalue weighted by atomic mass is 9.87. The average Bonchev–Trinajstić information content (AvgIpc) is 2.58. The molecule has 2 aromatic rings. The van der Waals surface area contributed by atoms with Gasteiger partial charge in [-0.05, 0) is 40.3 Å². The van der Waals surface area contributed by atoms with Gasteiger partial charge < -0.3 is 11.1 Å². The van der Waals surface area contributed by atoms with Gasteiger partial charge in [0.05, 0.1) is 0 Å². The van der Waals surface area contributed by atoms with Crippen molar-refractivity contribution in [3.63, 3.8) is 0 Å². The Morgan fingerprint density at radius 2 is 1.60 bits per heavy atom. The van der Waals surface area contributed by atoms with Crippen molar-refractivity contribution in [3.8, 4) is 0 Å². The Balaban J connectivity index is 1.89. The van der Waals surface area contributed by atoms with Gasteiger partial charge in [-0.2, -0.15) is 0 Å². The van der Waals surface area contributed by atoms with Gasteiger partial charge in [-0.1, -0.05) is 57.2 Å². The van der Waals surface area contributed by atoms with Crippen LogP contribution in [-0.4, -0.2) is 11.8 Å². The van der Waals surface area contributed by atoms with E-state index in [4.69, 9.17) is 5.73 Å². The number of nitrogens with two attached hydrogens (primary N) is 1. The lowest BCUT2D eigenvalue weighted by Gasteiger charge is -2.18. The van der Waals surface area contributed by atoms with E-state index in [9.17, 15) is 9.59 Å². The highest BCUT2D eigenvalue weighted by Gasteiger charge is 2.12. The van der Waals surface area contributed by atoms with Crippen LogP contribution in [0.2, 0.25) is 0 Å². The van der Waals surface area contributed by atoms with Gasteiger partial charge in [0.2, 0.25) is 11.8 Å². The van der Waals surface area contributed by atoms with Crippen LogP contribution in [0.1, 0.15) is 47.8 Å². The SMILES string of the molecule is CC(C)(C)c1ccc(/C=C/C(=O)NCc2ccc(C(N)=O)cc2)cc1. The largest absolute Gasteiger partial charge is 0.366 e. The summed E-state index contributed by atoms with van der Waals surface area (Å²) in [5.41, 5.74) is 8.91. The number of primary amides is 1. The minimum Gasteiger partial charge on any atom is -0.366 e. The van der Waals surface area contributed by atoms with Gasteiger partial charge in [0.1, 0.15) is 0 Å². The molecule has 2 aromatic carbocycles. The van der Waals surface area contributed by atoms with Crippen molar-refractivity contribution in [1.82, 2.24) is 5.32 Å². The third-order valence-electron chi connectivity index (χ3n) is 3.91. The molecule has 0 atom stereocenters. The Bertz CT molecular complexity index is 767. The maximum Gasteiger partial charge on any atom is 0.248 e. The smallest absolute Gasteiger partial charge is 0.248 e. The second-order valence-electron chi connectivity index (χ2n) is 6.98. The quantitative estimate of drug-likeness (QED) is 0.821. The maximum absolute atomic E-state index is 11.9. The number of hydrogen-bond donors (Lipinski definition) is 2. The van der Waals surface area contributed by atoms with E-state index in [1.807, 2.05) is 12.1 Å². The first-order chi connectivity index (χ1) is 11.8. The molecule has 3 N–H and O–H groups in total. The second kappa shape index (κ2) is 7.79. The van der Waals surface area contributed by atoms with E-state index in [0.29, 0.717) is 12.1 Å². The summed E-state index contributed by atoms with van der Waals surface area (Å²) < 4.78 is 0. The molecule has 0 bridgehead atoms. The van der Waals surface area contributed by atoms with Crippen LogP contribution in [0.3, 0.4) is 0 Å². The minimum absolute atomic E-state index is 0.115. The van der Waals surface area contributed by atoms with Crippen LogP contribution in [0.5, 0.6) is 0 Å². The summed E-state index contributed by atoms with van der Waals surface area (Å²) in [6.07, 6.45) is 3.31. The number of benzene rings is 2. The van der Waals surface area contributed by atoms with E-state index in [0.717, 1.165) is 11.1 Å². The summed E-state index contributed by atoms with van der Waals surface area (Å²) in [5, 5.41) is 2.81. The summed E-state index contributed by atoms with van der Waals surface area (Å²) >= 11 is 0. The van der Waals surface area contributed by atoms with E-state index in [1.165, 1.54) is 11.6 Å². The molecular weight excluding hydrogens is 312 g/mol. The van der Waals surface area contributed by atoms with Crippen LogP contribution in [-0.2, 0) is 16.8 Å². The molecule has 0 aromatic heterocycles. The molecule has 0 saturated heterocycles. The highest BCUT2D eigenvalue weighted by Crippen LogP contribution is 2.22. The summed E-state index contributed by atoms with van der Waals surface area (Å²) in [7, 11) is 0. The summed E-state index contributed by atoms with van der Waals surface area (Å²) in [5.74, 6) is -0.630. The number of rotatable bonds is 5. The Labute approximate surface area is 148 Å². The molecule has 0 spiro atoms. The lowest BCUT2D eigenvalue weighted by molar-refractivity contribution is -0.116. The van der Waals surface area contributed by atoms with Gasteiger partial charge >= 0.3 is 0 Å². The van der Waals surface area contributed by atoms with E-state index < -0.39 is 5.91 Å². The third kappa shape index (κ3) is 5.60. The molecule has 4 heteroatoms. The first kappa shape index (κ1) is 18.5. The van der Waals surface area contributed by atoms with Crippen LogP contribution in [0.25, 0.3) is 6.08 Å². The molecule has 0 unspecified atom stereocenters. The molecule has 0 fully saturated rings. The summed E-state index contributed by atoms with van der Waals surface area (Å²) in [6, 6.07) is 15.0. The number of hydrogen-bond acceptors (Lipinski definition) is 2. The fourth-order valence-corrected chi connectivity index (χ4v) is 2.30. The molecule has 0 heterocycles. The monoisotopic (exact) mass is 336 g/mol. The van der Waals surface area contributed by atoms with Gasteiger partial charge in [-0.25, -0.2) is 0 Å². The van der Waals surface area contributed by atoms with E-state index in [1.54, 1.807) is 30.3 Å². The van der Waals surface area contributed by atoms with E-state index in [-0.39, 0.29) is 11.3 Å². The molecule has 25 heavy (non-hydrogen) atoms. The van der Waals surface area contributed by atoms with Gasteiger partial charge in [0, 0.05) is 18.2 Å². The number of amides is 2. The highest BCUT2D eigenvalue weighted by molar-refractivity contribution is 5.93. The van der Waals surface area contributed by atoms with Crippen molar-refractivity contribution < 1.29 is 9.59 Å². The van der Waals surface area contributed by atoms with Crippen LogP contribution in [0.15, 0.2) is 54.6 Å². The maximum atomic E-state index is 11.9. The molecule has 0 radical (unpaired) electrons. The first-order valence-electron chi connectivity index (χ1n) is 8.21. The van der Waals surface area contributed by atoms with Gasteiger partial charge in [-0.3, -0.25) is 9.59 Å². The predicted octanol–water partition coefficient (Wildman–Crippen LogP) is 3.41. The predicted molar refractivity (Wildman–Crippen MR) is 101 cm³/mol. The average molecular weight is 336 g/mol. The third-order valence-corrected chi connectivity index (χ3v) is 3.91. The van der Waals surface area contributed by atoms with Crippen molar-refractivity contribution in [2.45, 2.75) is 32.7 Å². The molecule has 4 nitrogen and oxygen atoms in total. The molecule has 2 amide bonds. The summed E-state index contributed by atoms with van der Waals surface area (Å²) in [6.45, 7) is 6.90. The molecule has 0 aliphatic carbocycles. The number of carbonyl (C=O) groups is 2.